The molecule has 118 valence electrons. The Morgan fingerprint density at radius 3 is 2.70 bits per heavy atom. The molecule has 1 heterocycles. The number of esters is 1. The maximum Gasteiger partial charge on any atom is 0.357 e. The largest absolute Gasteiger partial charge is 0.506 e. The lowest BCUT2D eigenvalue weighted by Gasteiger charge is -2.11. The number of carbonyl (C=O) groups excluding carboxylic acids is 2. The molecular weight excluding hydrogens is 300 g/mol. The van der Waals surface area contributed by atoms with Gasteiger partial charge in [0.15, 0.2) is 5.69 Å². The molecule has 1 aromatic carbocycles. The zero-order valence-electron chi connectivity index (χ0n) is 12.5. The molecule has 1 aromatic heterocycles. The van der Waals surface area contributed by atoms with Crippen LogP contribution in [0.5, 0.6) is 5.75 Å². The Labute approximate surface area is 131 Å². The second kappa shape index (κ2) is 6.11. The molecule has 0 saturated heterocycles. The number of hydrogen-bond acceptors (Lipinski definition) is 6. The van der Waals surface area contributed by atoms with E-state index in [9.17, 15) is 14.7 Å². The van der Waals surface area contributed by atoms with Crippen molar-refractivity contribution in [3.8, 4) is 17.5 Å². The van der Waals surface area contributed by atoms with E-state index in [2.05, 4.69) is 10.1 Å². The van der Waals surface area contributed by atoms with E-state index in [1.54, 1.807) is 0 Å². The first kappa shape index (κ1) is 15.9. The Kier molecular flexibility index (Phi) is 4.23. The number of hydrogen-bond donors (Lipinski definition) is 3. The molecule has 0 aliphatic heterocycles. The molecule has 1 amide bonds. The van der Waals surface area contributed by atoms with Gasteiger partial charge in [0.05, 0.1) is 24.0 Å². The van der Waals surface area contributed by atoms with Crippen LogP contribution in [0.1, 0.15) is 23.0 Å². The Balaban J connectivity index is 2.65. The first-order chi connectivity index (χ1) is 10.9. The van der Waals surface area contributed by atoms with Gasteiger partial charge in [-0.3, -0.25) is 4.79 Å². The molecule has 0 bridgehead atoms. The number of amides is 1. The van der Waals surface area contributed by atoms with Crippen LogP contribution in [-0.2, 0) is 9.53 Å². The lowest BCUT2D eigenvalue weighted by Crippen LogP contribution is -2.12. The molecule has 0 radical (unpaired) electrons. The number of methoxy groups -OCH3 is 1. The fraction of sp³-hybridized carbons (Fsp3) is 0.133. The lowest BCUT2D eigenvalue weighted by atomic mass is 10.2. The Morgan fingerprint density at radius 1 is 1.43 bits per heavy atom. The van der Waals surface area contributed by atoms with Crippen LogP contribution in [-0.4, -0.2) is 28.7 Å². The number of nitrogens with two attached hydrogens (primary N) is 1. The molecule has 2 aromatic rings. The predicted molar refractivity (Wildman–Crippen MR) is 82.2 cm³/mol. The van der Waals surface area contributed by atoms with E-state index in [0.717, 1.165) is 0 Å². The van der Waals surface area contributed by atoms with Gasteiger partial charge in [-0.1, -0.05) is 0 Å². The fourth-order valence-corrected chi connectivity index (χ4v) is 2.08. The minimum absolute atomic E-state index is 0.00602. The molecule has 0 aliphatic carbocycles. The van der Waals surface area contributed by atoms with E-state index < -0.39 is 5.97 Å². The number of nitrogens with zero attached hydrogens (tertiary/aromatic N) is 2. The number of nitriles is 1. The first-order valence-corrected chi connectivity index (χ1v) is 6.49. The molecule has 8 nitrogen and oxygen atoms in total. The van der Waals surface area contributed by atoms with Crippen molar-refractivity contribution in [2.75, 3.05) is 18.2 Å². The smallest absolute Gasteiger partial charge is 0.357 e. The second-order valence-corrected chi connectivity index (χ2v) is 4.66. The third-order valence-electron chi connectivity index (χ3n) is 3.11. The molecule has 8 heteroatoms. The molecule has 0 unspecified atom stereocenters. The second-order valence-electron chi connectivity index (χ2n) is 4.66. The highest BCUT2D eigenvalue weighted by molar-refractivity contribution is 5.96. The summed E-state index contributed by atoms with van der Waals surface area (Å²) in [5.41, 5.74) is 6.49. The molecule has 0 saturated carbocycles. The minimum atomic E-state index is -0.710. The van der Waals surface area contributed by atoms with Crippen LogP contribution in [0.15, 0.2) is 24.4 Å². The van der Waals surface area contributed by atoms with Crippen molar-refractivity contribution in [2.45, 2.75) is 6.92 Å². The summed E-state index contributed by atoms with van der Waals surface area (Å²) >= 11 is 0. The maximum atomic E-state index is 11.9. The average Bonchev–Trinajstić information content (AvgIpc) is 2.85. The number of phenols is 1. The van der Waals surface area contributed by atoms with Crippen LogP contribution < -0.4 is 11.1 Å². The number of rotatable bonds is 3. The molecule has 2 rings (SSSR count). The van der Waals surface area contributed by atoms with Crippen molar-refractivity contribution in [1.29, 1.82) is 5.26 Å². The van der Waals surface area contributed by atoms with E-state index in [1.165, 1.54) is 43.0 Å². The van der Waals surface area contributed by atoms with E-state index >= 15 is 0 Å². The van der Waals surface area contributed by atoms with E-state index in [0.29, 0.717) is 5.69 Å². The van der Waals surface area contributed by atoms with Gasteiger partial charge in [0, 0.05) is 18.8 Å². The topological polar surface area (TPSA) is 130 Å². The van der Waals surface area contributed by atoms with E-state index in [4.69, 9.17) is 11.0 Å². The number of phenolic OH excluding ortho intramolecular Hbond substituents is 1. The molecule has 23 heavy (non-hydrogen) atoms. The molecule has 0 spiro atoms. The van der Waals surface area contributed by atoms with Gasteiger partial charge in [-0.15, -0.1) is 0 Å². The minimum Gasteiger partial charge on any atom is -0.506 e. The first-order valence-electron chi connectivity index (χ1n) is 6.49. The number of carbonyl (C=O) groups is 2. The van der Waals surface area contributed by atoms with Crippen molar-refractivity contribution in [3.05, 3.63) is 35.7 Å². The molecule has 4 N–H and O–H groups in total. The summed E-state index contributed by atoms with van der Waals surface area (Å²) in [6.45, 7) is 1.30. The number of nitrogens with one attached hydrogen (secondary N) is 1. The van der Waals surface area contributed by atoms with Crippen LogP contribution >= 0.6 is 0 Å². The highest BCUT2D eigenvalue weighted by Gasteiger charge is 2.22. The van der Waals surface area contributed by atoms with Crippen molar-refractivity contribution >= 4 is 23.3 Å². The molecule has 0 fully saturated rings. The van der Waals surface area contributed by atoms with Crippen molar-refractivity contribution < 1.29 is 19.4 Å². The number of anilines is 2. The number of aromatic hydroxyl groups is 1. The summed E-state index contributed by atoms with van der Waals surface area (Å²) in [6, 6.07) is 6.20. The van der Waals surface area contributed by atoms with Crippen LogP contribution in [0, 0.1) is 11.3 Å². The molecule has 0 atom stereocenters. The predicted octanol–water partition coefficient (Wildman–Crippen LogP) is 1.38. The van der Waals surface area contributed by atoms with Crippen molar-refractivity contribution in [3.63, 3.8) is 0 Å². The quantitative estimate of drug-likeness (QED) is 0.579. The summed E-state index contributed by atoms with van der Waals surface area (Å²) in [4.78, 5) is 23.1. The van der Waals surface area contributed by atoms with Crippen LogP contribution in [0.4, 0.5) is 11.4 Å². The Morgan fingerprint density at radius 2 is 2.13 bits per heavy atom. The zero-order chi connectivity index (χ0) is 17.1. The third-order valence-corrected chi connectivity index (χ3v) is 3.11. The summed E-state index contributed by atoms with van der Waals surface area (Å²) in [7, 11) is 1.20. The molecule has 0 aliphatic rings. The normalized spacial score (nSPS) is 9.96. The SMILES string of the molecule is COC(=O)c1c(N)c(C#N)cn1-c1ccc(O)c(NC(C)=O)c1. The summed E-state index contributed by atoms with van der Waals surface area (Å²) in [5, 5.41) is 21.3. The van der Waals surface area contributed by atoms with Gasteiger partial charge >= 0.3 is 5.97 Å². The third kappa shape index (κ3) is 2.94. The highest BCUT2D eigenvalue weighted by atomic mass is 16.5. The Bertz CT molecular complexity index is 833. The van der Waals surface area contributed by atoms with E-state index in [-0.39, 0.29) is 34.3 Å². The van der Waals surface area contributed by atoms with Crippen molar-refractivity contribution in [1.82, 2.24) is 4.57 Å². The van der Waals surface area contributed by atoms with Gasteiger partial charge in [-0.2, -0.15) is 5.26 Å². The van der Waals surface area contributed by atoms with Gasteiger partial charge in [-0.25, -0.2) is 4.79 Å². The lowest BCUT2D eigenvalue weighted by molar-refractivity contribution is -0.114. The van der Waals surface area contributed by atoms with E-state index in [1.807, 2.05) is 6.07 Å². The average molecular weight is 314 g/mol. The fourth-order valence-electron chi connectivity index (χ4n) is 2.08. The maximum absolute atomic E-state index is 11.9. The standard InChI is InChI=1S/C15H14N4O4/c1-8(20)18-11-5-10(3-4-12(11)21)19-7-9(6-16)13(17)14(19)15(22)23-2/h3-5,7,21H,17H2,1-2H3,(H,18,20). The summed E-state index contributed by atoms with van der Waals surface area (Å²) in [5.74, 6) is -1.21. The molecular formula is C15H14N4O4. The zero-order valence-corrected chi connectivity index (χ0v) is 12.5. The van der Waals surface area contributed by atoms with Gasteiger partial charge in [-0.05, 0) is 18.2 Å². The van der Waals surface area contributed by atoms with Gasteiger partial charge in [0.2, 0.25) is 5.91 Å². The van der Waals surface area contributed by atoms with Crippen LogP contribution in [0.2, 0.25) is 0 Å². The number of aromatic nitrogens is 1. The van der Waals surface area contributed by atoms with Gasteiger partial charge in [0.25, 0.3) is 0 Å². The highest BCUT2D eigenvalue weighted by Crippen LogP contribution is 2.30. The summed E-state index contributed by atoms with van der Waals surface area (Å²) < 4.78 is 6.05. The van der Waals surface area contributed by atoms with Crippen molar-refractivity contribution in [2.24, 2.45) is 0 Å². The van der Waals surface area contributed by atoms with Crippen LogP contribution in [0.3, 0.4) is 0 Å². The monoisotopic (exact) mass is 314 g/mol. The van der Waals surface area contributed by atoms with Gasteiger partial charge in [0.1, 0.15) is 11.8 Å². The van der Waals surface area contributed by atoms with Crippen LogP contribution in [0.25, 0.3) is 5.69 Å². The summed E-state index contributed by atoms with van der Waals surface area (Å²) in [6.07, 6.45) is 1.38. The number of ether oxygens (including phenoxy) is 1. The number of nitrogen functional groups attached to an aromatic ring is 1. The number of benzene rings is 1. The van der Waals surface area contributed by atoms with Gasteiger partial charge < -0.3 is 25.5 Å². The Hall–Kier alpha value is -3.47.